The van der Waals surface area contributed by atoms with Crippen LogP contribution in [0.15, 0.2) is 36.2 Å². The van der Waals surface area contributed by atoms with Crippen LogP contribution in [0.3, 0.4) is 0 Å². The largest absolute Gasteiger partial charge is 0.497 e. The van der Waals surface area contributed by atoms with Gasteiger partial charge < -0.3 is 4.74 Å². The van der Waals surface area contributed by atoms with Crippen LogP contribution in [-0.4, -0.2) is 18.7 Å². The van der Waals surface area contributed by atoms with Crippen molar-refractivity contribution < 1.29 is 18.7 Å². The Morgan fingerprint density at radius 1 is 1.22 bits per heavy atom. The molecule has 4 heteroatoms. The summed E-state index contributed by atoms with van der Waals surface area (Å²) in [4.78, 5) is 24.4. The van der Waals surface area contributed by atoms with Gasteiger partial charge in [-0.15, -0.1) is 0 Å². The van der Waals surface area contributed by atoms with E-state index in [2.05, 4.69) is 6.08 Å². The lowest BCUT2D eigenvalue weighted by molar-refractivity contribution is -0.132. The van der Waals surface area contributed by atoms with Gasteiger partial charge in [0, 0.05) is 17.9 Å². The molecule has 0 aromatic heterocycles. The van der Waals surface area contributed by atoms with Crippen LogP contribution in [0.5, 0.6) is 5.75 Å². The molecule has 0 unspecified atom stereocenters. The molecule has 23 heavy (non-hydrogen) atoms. The zero-order valence-corrected chi connectivity index (χ0v) is 12.8. The number of ketones is 2. The zero-order valence-electron chi connectivity index (χ0n) is 12.8. The second-order valence-corrected chi connectivity index (χ2v) is 6.45. The number of ether oxygens (including phenoxy) is 1. The molecule has 0 saturated carbocycles. The lowest BCUT2D eigenvalue weighted by Gasteiger charge is -2.41. The fourth-order valence-electron chi connectivity index (χ4n) is 4.29. The van der Waals surface area contributed by atoms with Gasteiger partial charge in [0.15, 0.2) is 17.4 Å². The highest BCUT2D eigenvalue weighted by molar-refractivity contribution is 6.10. The summed E-state index contributed by atoms with van der Waals surface area (Å²) < 4.78 is 19.1. The molecule has 0 heterocycles. The van der Waals surface area contributed by atoms with Gasteiger partial charge in [0.2, 0.25) is 0 Å². The highest BCUT2D eigenvalue weighted by atomic mass is 19.1. The molecule has 0 bridgehead atoms. The Kier molecular flexibility index (Phi) is 3.22. The van der Waals surface area contributed by atoms with E-state index in [9.17, 15) is 14.0 Å². The summed E-state index contributed by atoms with van der Waals surface area (Å²) in [6, 6.07) is 5.93. The summed E-state index contributed by atoms with van der Waals surface area (Å²) in [7, 11) is 1.64. The summed E-state index contributed by atoms with van der Waals surface area (Å²) in [5.74, 6) is -1.80. The molecule has 4 rings (SSSR count). The molecule has 1 aromatic carbocycles. The van der Waals surface area contributed by atoms with Crippen molar-refractivity contribution in [3.63, 3.8) is 0 Å². The maximum atomic E-state index is 13.8. The van der Waals surface area contributed by atoms with Gasteiger partial charge in [0.1, 0.15) is 5.75 Å². The van der Waals surface area contributed by atoms with Crippen LogP contribution in [0.25, 0.3) is 5.57 Å². The van der Waals surface area contributed by atoms with E-state index in [0.717, 1.165) is 35.8 Å². The molecule has 0 saturated heterocycles. The Morgan fingerprint density at radius 3 is 2.83 bits per heavy atom. The van der Waals surface area contributed by atoms with Gasteiger partial charge in [-0.2, -0.15) is 0 Å². The van der Waals surface area contributed by atoms with Crippen LogP contribution < -0.4 is 4.74 Å². The first kappa shape index (κ1) is 14.4. The molecule has 0 fully saturated rings. The fourth-order valence-corrected chi connectivity index (χ4v) is 4.29. The summed E-state index contributed by atoms with van der Waals surface area (Å²) in [5, 5.41) is 0. The molecule has 118 valence electrons. The number of fused-ring (bicyclic) bond motifs is 5. The van der Waals surface area contributed by atoms with E-state index in [1.54, 1.807) is 7.11 Å². The number of methoxy groups -OCH3 is 1. The maximum Gasteiger partial charge on any atom is 0.195 e. The predicted molar refractivity (Wildman–Crippen MR) is 83.6 cm³/mol. The van der Waals surface area contributed by atoms with Crippen molar-refractivity contribution in [3.8, 4) is 5.75 Å². The molecule has 0 amide bonds. The molecular weight excluding hydrogens is 295 g/mol. The van der Waals surface area contributed by atoms with Gasteiger partial charge in [-0.3, -0.25) is 9.59 Å². The Labute approximate surface area is 133 Å². The van der Waals surface area contributed by atoms with Gasteiger partial charge in [-0.25, -0.2) is 4.39 Å². The Bertz CT molecular complexity index is 775. The second-order valence-electron chi connectivity index (χ2n) is 6.45. The van der Waals surface area contributed by atoms with Crippen LogP contribution in [0, 0.1) is 17.8 Å². The molecule has 0 spiro atoms. The molecule has 3 nitrogen and oxygen atoms in total. The van der Waals surface area contributed by atoms with Crippen LogP contribution in [-0.2, 0) is 16.0 Å². The molecular formula is C19H17FO3. The third-order valence-electron chi connectivity index (χ3n) is 5.38. The quantitative estimate of drug-likeness (QED) is 0.799. The highest BCUT2D eigenvalue weighted by Crippen LogP contribution is 2.49. The normalized spacial score (nSPS) is 29.0. The van der Waals surface area contributed by atoms with Gasteiger partial charge in [-0.1, -0.05) is 12.1 Å². The number of hydrogen-bond acceptors (Lipinski definition) is 3. The molecule has 3 atom stereocenters. The number of hydrogen-bond donors (Lipinski definition) is 0. The summed E-state index contributed by atoms with van der Waals surface area (Å²) in [6.07, 6.45) is 5.03. The number of benzene rings is 1. The van der Waals surface area contributed by atoms with Crippen molar-refractivity contribution in [3.05, 3.63) is 47.3 Å². The Balaban J connectivity index is 1.78. The van der Waals surface area contributed by atoms with E-state index in [1.807, 2.05) is 18.2 Å². The number of allylic oxidation sites excluding steroid dienone is 4. The van der Waals surface area contributed by atoms with Gasteiger partial charge >= 0.3 is 0 Å². The Hall–Kier alpha value is -2.23. The van der Waals surface area contributed by atoms with Crippen LogP contribution >= 0.6 is 0 Å². The smallest absolute Gasteiger partial charge is 0.195 e. The number of halogens is 1. The molecule has 0 radical (unpaired) electrons. The van der Waals surface area contributed by atoms with Crippen LogP contribution in [0.1, 0.15) is 24.0 Å². The third-order valence-corrected chi connectivity index (χ3v) is 5.38. The maximum absolute atomic E-state index is 13.8. The lowest BCUT2D eigenvalue weighted by Crippen LogP contribution is -2.42. The minimum atomic E-state index is -0.877. The summed E-state index contributed by atoms with van der Waals surface area (Å²) in [5.41, 5.74) is 3.39. The summed E-state index contributed by atoms with van der Waals surface area (Å²) in [6.45, 7) is 0. The number of carbonyl (C=O) groups is 2. The lowest BCUT2D eigenvalue weighted by atomic mass is 9.61. The zero-order chi connectivity index (χ0) is 16.1. The van der Waals surface area contributed by atoms with Crippen molar-refractivity contribution in [2.45, 2.75) is 19.3 Å². The highest BCUT2D eigenvalue weighted by Gasteiger charge is 2.47. The van der Waals surface area contributed by atoms with Gasteiger partial charge in [-0.05, 0) is 54.0 Å². The first-order chi connectivity index (χ1) is 11.1. The standard InChI is InChI=1S/C19H17FO3/c1-23-11-3-5-12-10(8-11)2-4-14-13(12)6-7-15-17(21)9-16(20)19(22)18(14)15/h3,5-6,8-9,14-15,18H,2,4,7H2,1H3/t14-,15-,18-/m0/s1. The van der Waals surface area contributed by atoms with E-state index < -0.39 is 23.4 Å². The van der Waals surface area contributed by atoms with Crippen LogP contribution in [0.4, 0.5) is 4.39 Å². The minimum Gasteiger partial charge on any atom is -0.497 e. The van der Waals surface area contributed by atoms with Gasteiger partial charge in [0.05, 0.1) is 7.11 Å². The molecule has 0 N–H and O–H groups in total. The van der Waals surface area contributed by atoms with Crippen LogP contribution in [0.2, 0.25) is 0 Å². The molecule has 3 aliphatic carbocycles. The van der Waals surface area contributed by atoms with Crippen molar-refractivity contribution in [1.29, 1.82) is 0 Å². The van der Waals surface area contributed by atoms with E-state index >= 15 is 0 Å². The number of aryl methyl sites for hydroxylation is 1. The van der Waals surface area contributed by atoms with E-state index in [0.29, 0.717) is 6.42 Å². The second kappa shape index (κ2) is 5.15. The van der Waals surface area contributed by atoms with Crippen molar-refractivity contribution in [2.75, 3.05) is 7.11 Å². The average molecular weight is 312 g/mol. The molecule has 3 aliphatic rings. The monoisotopic (exact) mass is 312 g/mol. The molecule has 1 aromatic rings. The fraction of sp³-hybridized carbons (Fsp3) is 0.368. The number of carbonyl (C=O) groups excluding carboxylic acids is 2. The topological polar surface area (TPSA) is 43.4 Å². The Morgan fingerprint density at radius 2 is 2.04 bits per heavy atom. The predicted octanol–water partition coefficient (Wildman–Crippen LogP) is 3.28. The average Bonchev–Trinajstić information content (AvgIpc) is 2.58. The van der Waals surface area contributed by atoms with Crippen molar-refractivity contribution in [1.82, 2.24) is 0 Å². The van der Waals surface area contributed by atoms with Crippen molar-refractivity contribution >= 4 is 17.1 Å². The van der Waals surface area contributed by atoms with E-state index in [1.165, 1.54) is 5.56 Å². The van der Waals surface area contributed by atoms with E-state index in [4.69, 9.17) is 4.74 Å². The first-order valence-electron chi connectivity index (χ1n) is 7.92. The van der Waals surface area contributed by atoms with E-state index in [-0.39, 0.29) is 11.7 Å². The number of Topliss-reactive ketones (excluding diaryl/α,β-unsaturated/α-hetero) is 1. The van der Waals surface area contributed by atoms with Gasteiger partial charge in [0.25, 0.3) is 0 Å². The summed E-state index contributed by atoms with van der Waals surface area (Å²) >= 11 is 0. The van der Waals surface area contributed by atoms with Crippen molar-refractivity contribution in [2.24, 2.45) is 17.8 Å². The SMILES string of the molecule is COc1ccc2c(c1)CC[C@H]1C2=CC[C@H]2C(=O)C=C(F)C(=O)[C@H]21. The number of rotatable bonds is 1. The third kappa shape index (κ3) is 2.08. The molecule has 0 aliphatic heterocycles. The first-order valence-corrected chi connectivity index (χ1v) is 7.92. The minimum absolute atomic E-state index is 0.0643.